The van der Waals surface area contributed by atoms with Crippen molar-refractivity contribution < 1.29 is 9.53 Å². The number of hydrogen-bond acceptors (Lipinski definition) is 2. The molecule has 0 saturated heterocycles. The van der Waals surface area contributed by atoms with E-state index >= 15 is 0 Å². The van der Waals surface area contributed by atoms with E-state index in [1.165, 1.54) is 0 Å². The minimum atomic E-state index is -0.0406. The Bertz CT molecular complexity index is 656. The molecule has 3 heteroatoms. The molecule has 2 rings (SSSR count). The van der Waals surface area contributed by atoms with E-state index in [9.17, 15) is 4.79 Å². The average molecular weight is 297 g/mol. The zero-order valence-corrected chi connectivity index (χ0v) is 13.6. The Labute approximate surface area is 132 Å². The van der Waals surface area contributed by atoms with E-state index in [1.54, 1.807) is 7.11 Å². The highest BCUT2D eigenvalue weighted by molar-refractivity contribution is 5.93. The molecule has 116 valence electrons. The van der Waals surface area contributed by atoms with E-state index in [4.69, 9.17) is 4.74 Å². The molecule has 0 atom stereocenters. The maximum atomic E-state index is 12.4. The van der Waals surface area contributed by atoms with Gasteiger partial charge in [-0.1, -0.05) is 57.2 Å². The number of hydrogen-bond donors (Lipinski definition) is 1. The van der Waals surface area contributed by atoms with E-state index in [1.807, 2.05) is 42.5 Å². The highest BCUT2D eigenvalue weighted by atomic mass is 16.5. The van der Waals surface area contributed by atoms with Gasteiger partial charge in [0.2, 0.25) is 5.91 Å². The first-order valence-electron chi connectivity index (χ1n) is 7.43. The zero-order chi connectivity index (χ0) is 16.2. The Kier molecular flexibility index (Phi) is 4.86. The lowest BCUT2D eigenvalue weighted by atomic mass is 9.86. The predicted molar refractivity (Wildman–Crippen MR) is 90.5 cm³/mol. The van der Waals surface area contributed by atoms with E-state index in [0.29, 0.717) is 6.42 Å². The van der Waals surface area contributed by atoms with Crippen LogP contribution in [0.3, 0.4) is 0 Å². The molecule has 0 unspecified atom stereocenters. The molecule has 0 fully saturated rings. The minimum absolute atomic E-state index is 0.0195. The van der Waals surface area contributed by atoms with Gasteiger partial charge in [0.1, 0.15) is 5.75 Å². The Hall–Kier alpha value is -2.29. The third-order valence-corrected chi connectivity index (χ3v) is 3.55. The van der Waals surface area contributed by atoms with Crippen LogP contribution in [0.4, 0.5) is 5.69 Å². The molecule has 0 bridgehead atoms. The van der Waals surface area contributed by atoms with E-state index < -0.39 is 0 Å². The number of rotatable bonds is 4. The minimum Gasteiger partial charge on any atom is -0.496 e. The SMILES string of the molecule is COc1ccccc1CC(=O)Nc1ccccc1C(C)(C)C. The van der Waals surface area contributed by atoms with Crippen LogP contribution < -0.4 is 10.1 Å². The Morgan fingerprint density at radius 3 is 2.36 bits per heavy atom. The van der Waals surface area contributed by atoms with Crippen molar-refractivity contribution in [3.63, 3.8) is 0 Å². The van der Waals surface area contributed by atoms with E-state index in [2.05, 4.69) is 32.2 Å². The fraction of sp³-hybridized carbons (Fsp3) is 0.316. The van der Waals surface area contributed by atoms with Crippen LogP contribution in [-0.2, 0) is 16.6 Å². The summed E-state index contributed by atoms with van der Waals surface area (Å²) in [4.78, 5) is 12.4. The van der Waals surface area contributed by atoms with Crippen molar-refractivity contribution in [2.24, 2.45) is 0 Å². The van der Waals surface area contributed by atoms with Crippen molar-refractivity contribution >= 4 is 11.6 Å². The molecule has 0 aliphatic carbocycles. The fourth-order valence-corrected chi connectivity index (χ4v) is 2.46. The summed E-state index contributed by atoms with van der Waals surface area (Å²) < 4.78 is 5.29. The van der Waals surface area contributed by atoms with Gasteiger partial charge >= 0.3 is 0 Å². The number of carbonyl (C=O) groups is 1. The monoisotopic (exact) mass is 297 g/mol. The number of amides is 1. The molecular weight excluding hydrogens is 274 g/mol. The van der Waals surface area contributed by atoms with Gasteiger partial charge in [0.05, 0.1) is 13.5 Å². The third-order valence-electron chi connectivity index (χ3n) is 3.55. The Balaban J connectivity index is 2.17. The van der Waals surface area contributed by atoms with Gasteiger partial charge in [0, 0.05) is 11.3 Å². The number of para-hydroxylation sites is 2. The van der Waals surface area contributed by atoms with E-state index in [0.717, 1.165) is 22.6 Å². The quantitative estimate of drug-likeness (QED) is 0.919. The first kappa shape index (κ1) is 16.1. The van der Waals surface area contributed by atoms with E-state index in [-0.39, 0.29) is 11.3 Å². The number of methoxy groups -OCH3 is 1. The van der Waals surface area contributed by atoms with Crippen LogP contribution in [0.1, 0.15) is 31.9 Å². The Morgan fingerprint density at radius 1 is 1.05 bits per heavy atom. The molecule has 0 aliphatic heterocycles. The summed E-state index contributed by atoms with van der Waals surface area (Å²) in [6.07, 6.45) is 0.294. The lowest BCUT2D eigenvalue weighted by Crippen LogP contribution is -2.20. The standard InChI is InChI=1S/C19H23NO2/c1-19(2,3)15-10-6-7-11-16(15)20-18(21)13-14-9-5-8-12-17(14)22-4/h5-12H,13H2,1-4H3,(H,20,21). The predicted octanol–water partition coefficient (Wildman–Crippen LogP) is 4.17. The molecule has 0 aliphatic rings. The summed E-state index contributed by atoms with van der Waals surface area (Å²) in [5.41, 5.74) is 2.86. The van der Waals surface area contributed by atoms with Gasteiger partial charge in [-0.25, -0.2) is 0 Å². The number of carbonyl (C=O) groups excluding carboxylic acids is 1. The molecule has 1 amide bonds. The highest BCUT2D eigenvalue weighted by Crippen LogP contribution is 2.29. The van der Waals surface area contributed by atoms with Crippen LogP contribution in [0.2, 0.25) is 0 Å². The highest BCUT2D eigenvalue weighted by Gasteiger charge is 2.18. The molecule has 3 nitrogen and oxygen atoms in total. The van der Waals surface area contributed by atoms with Crippen molar-refractivity contribution in [2.75, 3.05) is 12.4 Å². The van der Waals surface area contributed by atoms with Gasteiger partial charge in [-0.2, -0.15) is 0 Å². The second-order valence-corrected chi connectivity index (χ2v) is 6.33. The van der Waals surface area contributed by atoms with Gasteiger partial charge in [-0.3, -0.25) is 4.79 Å². The topological polar surface area (TPSA) is 38.3 Å². The largest absolute Gasteiger partial charge is 0.496 e. The molecule has 0 aromatic heterocycles. The van der Waals surface area contributed by atoms with Crippen molar-refractivity contribution in [1.82, 2.24) is 0 Å². The number of benzene rings is 2. The van der Waals surface area contributed by atoms with Crippen LogP contribution in [0.5, 0.6) is 5.75 Å². The average Bonchev–Trinajstić information content (AvgIpc) is 2.47. The molecule has 0 spiro atoms. The Morgan fingerprint density at radius 2 is 1.68 bits per heavy atom. The van der Waals surface area contributed by atoms with Gasteiger partial charge in [0.15, 0.2) is 0 Å². The molecule has 2 aromatic carbocycles. The number of nitrogens with one attached hydrogen (secondary N) is 1. The maximum Gasteiger partial charge on any atom is 0.228 e. The summed E-state index contributed by atoms with van der Waals surface area (Å²) in [6, 6.07) is 15.5. The van der Waals surface area contributed by atoms with Gasteiger partial charge in [0.25, 0.3) is 0 Å². The molecule has 2 aromatic rings. The third kappa shape index (κ3) is 3.88. The van der Waals surface area contributed by atoms with Crippen LogP contribution in [0.25, 0.3) is 0 Å². The van der Waals surface area contributed by atoms with Gasteiger partial charge in [-0.15, -0.1) is 0 Å². The second-order valence-electron chi connectivity index (χ2n) is 6.33. The molecule has 0 radical (unpaired) electrons. The summed E-state index contributed by atoms with van der Waals surface area (Å²) >= 11 is 0. The van der Waals surface area contributed by atoms with Crippen LogP contribution >= 0.6 is 0 Å². The van der Waals surface area contributed by atoms with Crippen LogP contribution in [0.15, 0.2) is 48.5 Å². The number of ether oxygens (including phenoxy) is 1. The van der Waals surface area contributed by atoms with Crippen LogP contribution in [0, 0.1) is 0 Å². The van der Waals surface area contributed by atoms with Crippen molar-refractivity contribution in [3.8, 4) is 5.75 Å². The summed E-state index contributed by atoms with van der Waals surface area (Å²) in [6.45, 7) is 6.41. The first-order valence-corrected chi connectivity index (χ1v) is 7.43. The fourth-order valence-electron chi connectivity index (χ4n) is 2.46. The van der Waals surface area contributed by atoms with Crippen molar-refractivity contribution in [1.29, 1.82) is 0 Å². The normalized spacial score (nSPS) is 11.1. The van der Waals surface area contributed by atoms with Gasteiger partial charge < -0.3 is 10.1 Å². The lowest BCUT2D eigenvalue weighted by Gasteiger charge is -2.23. The van der Waals surface area contributed by atoms with Gasteiger partial charge in [-0.05, 0) is 23.1 Å². The number of anilines is 1. The summed E-state index contributed by atoms with van der Waals surface area (Å²) in [5.74, 6) is 0.697. The summed E-state index contributed by atoms with van der Waals surface area (Å²) in [5, 5.41) is 3.02. The van der Waals surface area contributed by atoms with Crippen molar-refractivity contribution in [3.05, 3.63) is 59.7 Å². The lowest BCUT2D eigenvalue weighted by molar-refractivity contribution is -0.115. The maximum absolute atomic E-state index is 12.4. The smallest absolute Gasteiger partial charge is 0.228 e. The summed E-state index contributed by atoms with van der Waals surface area (Å²) in [7, 11) is 1.62. The molecule has 0 saturated carbocycles. The van der Waals surface area contributed by atoms with Crippen molar-refractivity contribution in [2.45, 2.75) is 32.6 Å². The zero-order valence-electron chi connectivity index (χ0n) is 13.6. The molecule has 22 heavy (non-hydrogen) atoms. The first-order chi connectivity index (χ1) is 10.4. The molecule has 0 heterocycles. The molecule has 1 N–H and O–H groups in total. The molecular formula is C19H23NO2. The van der Waals surface area contributed by atoms with Crippen LogP contribution in [-0.4, -0.2) is 13.0 Å². The second kappa shape index (κ2) is 6.65.